The summed E-state index contributed by atoms with van der Waals surface area (Å²) in [4.78, 5) is 0. The fraction of sp³-hybridized carbons (Fsp3) is 0.0370. The van der Waals surface area contributed by atoms with Gasteiger partial charge in [-0.05, 0) is 45.8 Å². The molecule has 0 aliphatic rings. The van der Waals surface area contributed by atoms with Crippen LogP contribution >= 0.6 is 0 Å². The van der Waals surface area contributed by atoms with Crippen LogP contribution in [0.2, 0.25) is 0 Å². The molecule has 4 heteroatoms. The lowest BCUT2D eigenvalue weighted by Gasteiger charge is -2.25. The fourth-order valence-electron chi connectivity index (χ4n) is 4.44. The molecule has 0 atom stereocenters. The minimum Gasteiger partial charge on any atom is -0.508 e. The largest absolute Gasteiger partial charge is 0.508 e. The molecule has 0 saturated heterocycles. The van der Waals surface area contributed by atoms with E-state index in [1.54, 1.807) is 18.2 Å². The zero-order valence-electron chi connectivity index (χ0n) is 16.5. The first-order chi connectivity index (χ1) is 15.1. The summed E-state index contributed by atoms with van der Waals surface area (Å²) >= 11 is 0. The van der Waals surface area contributed by atoms with Crippen molar-refractivity contribution in [3.05, 3.63) is 108 Å². The van der Waals surface area contributed by atoms with Crippen molar-refractivity contribution in [3.63, 3.8) is 0 Å². The van der Waals surface area contributed by atoms with Gasteiger partial charge in [-0.25, -0.2) is 0 Å². The highest BCUT2D eigenvalue weighted by atomic mass is 16.3. The second kappa shape index (κ2) is 7.26. The Balaban J connectivity index is 1.98. The van der Waals surface area contributed by atoms with Gasteiger partial charge in [-0.3, -0.25) is 0 Å². The van der Waals surface area contributed by atoms with Crippen LogP contribution in [0.4, 0.5) is 0 Å². The van der Waals surface area contributed by atoms with E-state index in [1.807, 2.05) is 60.7 Å². The summed E-state index contributed by atoms with van der Waals surface area (Å²) in [6, 6.07) is 26.6. The summed E-state index contributed by atoms with van der Waals surface area (Å²) in [5.41, 5.74) is 1.23. The van der Waals surface area contributed by atoms with Crippen molar-refractivity contribution < 1.29 is 20.4 Å². The van der Waals surface area contributed by atoms with E-state index in [9.17, 15) is 20.4 Å². The molecular weight excluding hydrogens is 388 g/mol. The number of phenols is 4. The standard InChI is InChI=1S/C27H20O4/c28-20-10-5-11-21(29)26(20)27(24-18-8-3-1-6-16(18)12-14-22(24)30)25-19-9-4-2-7-17(19)13-15-23(25)31/h1-15,27-31H. The van der Waals surface area contributed by atoms with E-state index in [4.69, 9.17) is 0 Å². The zero-order valence-corrected chi connectivity index (χ0v) is 16.5. The van der Waals surface area contributed by atoms with Crippen LogP contribution in [-0.2, 0) is 0 Å². The monoisotopic (exact) mass is 408 g/mol. The molecule has 5 rings (SSSR count). The topological polar surface area (TPSA) is 80.9 Å². The Labute approximate surface area is 178 Å². The van der Waals surface area contributed by atoms with Crippen molar-refractivity contribution in [3.8, 4) is 23.0 Å². The first-order valence-corrected chi connectivity index (χ1v) is 9.98. The van der Waals surface area contributed by atoms with Gasteiger partial charge in [0.1, 0.15) is 23.0 Å². The van der Waals surface area contributed by atoms with Gasteiger partial charge in [0.05, 0.1) is 0 Å². The first kappa shape index (κ1) is 18.8. The molecule has 5 aromatic carbocycles. The highest BCUT2D eigenvalue weighted by Gasteiger charge is 2.30. The first-order valence-electron chi connectivity index (χ1n) is 9.98. The Morgan fingerprint density at radius 3 is 1.29 bits per heavy atom. The van der Waals surface area contributed by atoms with Crippen molar-refractivity contribution in [2.45, 2.75) is 5.92 Å². The van der Waals surface area contributed by atoms with Crippen LogP contribution in [0, 0.1) is 0 Å². The molecule has 0 heterocycles. The third-order valence-corrected chi connectivity index (χ3v) is 5.82. The van der Waals surface area contributed by atoms with E-state index in [-0.39, 0.29) is 28.6 Å². The van der Waals surface area contributed by atoms with Crippen LogP contribution in [0.5, 0.6) is 23.0 Å². The molecule has 31 heavy (non-hydrogen) atoms. The Hall–Kier alpha value is -4.18. The number of hydrogen-bond acceptors (Lipinski definition) is 4. The average molecular weight is 408 g/mol. The van der Waals surface area contributed by atoms with E-state index in [0.29, 0.717) is 11.1 Å². The Kier molecular flexibility index (Phi) is 4.41. The van der Waals surface area contributed by atoms with E-state index in [1.165, 1.54) is 12.1 Å². The molecule has 0 amide bonds. The number of benzene rings is 5. The summed E-state index contributed by atoms with van der Waals surface area (Å²) < 4.78 is 0. The predicted molar refractivity (Wildman–Crippen MR) is 122 cm³/mol. The summed E-state index contributed by atoms with van der Waals surface area (Å²) in [5.74, 6) is -1.04. The molecular formula is C27H20O4. The second-order valence-corrected chi connectivity index (χ2v) is 7.58. The molecule has 0 unspecified atom stereocenters. The summed E-state index contributed by atoms with van der Waals surface area (Å²) in [5, 5.41) is 46.9. The molecule has 0 fully saturated rings. The van der Waals surface area contributed by atoms with Crippen LogP contribution in [0.25, 0.3) is 21.5 Å². The highest BCUT2D eigenvalue weighted by Crippen LogP contribution is 2.50. The molecule has 0 bridgehead atoms. The van der Waals surface area contributed by atoms with Crippen LogP contribution in [0.3, 0.4) is 0 Å². The Bertz CT molecular complexity index is 1330. The molecule has 152 valence electrons. The molecule has 0 aliphatic carbocycles. The van der Waals surface area contributed by atoms with Gasteiger partial charge in [0, 0.05) is 22.6 Å². The van der Waals surface area contributed by atoms with E-state index in [0.717, 1.165) is 21.5 Å². The third-order valence-electron chi connectivity index (χ3n) is 5.82. The Morgan fingerprint density at radius 1 is 0.387 bits per heavy atom. The number of aromatic hydroxyl groups is 4. The van der Waals surface area contributed by atoms with Gasteiger partial charge >= 0.3 is 0 Å². The SMILES string of the molecule is Oc1cccc(O)c1C(c1c(O)ccc2ccccc12)c1c(O)ccc2ccccc12. The van der Waals surface area contributed by atoms with E-state index >= 15 is 0 Å². The molecule has 0 saturated carbocycles. The van der Waals surface area contributed by atoms with Crippen molar-refractivity contribution in [1.82, 2.24) is 0 Å². The van der Waals surface area contributed by atoms with Gasteiger partial charge in [-0.15, -0.1) is 0 Å². The molecule has 5 aromatic rings. The highest BCUT2D eigenvalue weighted by molar-refractivity contribution is 5.94. The van der Waals surface area contributed by atoms with Crippen LogP contribution in [0.1, 0.15) is 22.6 Å². The number of fused-ring (bicyclic) bond motifs is 2. The van der Waals surface area contributed by atoms with Crippen LogP contribution < -0.4 is 0 Å². The minimum absolute atomic E-state index is 0.0127. The minimum atomic E-state index is -0.821. The van der Waals surface area contributed by atoms with Crippen LogP contribution in [0.15, 0.2) is 91.0 Å². The van der Waals surface area contributed by atoms with Crippen LogP contribution in [-0.4, -0.2) is 20.4 Å². The molecule has 0 spiro atoms. The number of phenolic OH excluding ortho intramolecular Hbond substituents is 4. The summed E-state index contributed by atoms with van der Waals surface area (Å²) in [6.07, 6.45) is 0. The summed E-state index contributed by atoms with van der Waals surface area (Å²) in [7, 11) is 0. The maximum Gasteiger partial charge on any atom is 0.123 e. The molecule has 4 nitrogen and oxygen atoms in total. The van der Waals surface area contributed by atoms with Gasteiger partial charge in [0.15, 0.2) is 0 Å². The van der Waals surface area contributed by atoms with Crippen molar-refractivity contribution >= 4 is 21.5 Å². The number of hydrogen-bond donors (Lipinski definition) is 4. The lowest BCUT2D eigenvalue weighted by Crippen LogP contribution is -2.07. The molecule has 0 radical (unpaired) electrons. The normalized spacial score (nSPS) is 11.4. The second-order valence-electron chi connectivity index (χ2n) is 7.58. The molecule has 0 aromatic heterocycles. The maximum atomic E-state index is 11.0. The smallest absolute Gasteiger partial charge is 0.123 e. The maximum absolute atomic E-state index is 11.0. The predicted octanol–water partition coefficient (Wildman–Crippen LogP) is 6.00. The van der Waals surface area contributed by atoms with Crippen molar-refractivity contribution in [2.75, 3.05) is 0 Å². The lowest BCUT2D eigenvalue weighted by atomic mass is 9.79. The van der Waals surface area contributed by atoms with Crippen molar-refractivity contribution in [2.24, 2.45) is 0 Å². The number of rotatable bonds is 3. The molecule has 4 N–H and O–H groups in total. The quantitative estimate of drug-likeness (QED) is 0.276. The van der Waals surface area contributed by atoms with Gasteiger partial charge in [0.25, 0.3) is 0 Å². The van der Waals surface area contributed by atoms with Crippen molar-refractivity contribution in [1.29, 1.82) is 0 Å². The Morgan fingerprint density at radius 2 is 0.806 bits per heavy atom. The van der Waals surface area contributed by atoms with Gasteiger partial charge in [0.2, 0.25) is 0 Å². The lowest BCUT2D eigenvalue weighted by molar-refractivity contribution is 0.431. The van der Waals surface area contributed by atoms with E-state index < -0.39 is 5.92 Å². The molecule has 0 aliphatic heterocycles. The van der Waals surface area contributed by atoms with Gasteiger partial charge in [-0.2, -0.15) is 0 Å². The van der Waals surface area contributed by atoms with Gasteiger partial charge in [-0.1, -0.05) is 66.7 Å². The fourth-order valence-corrected chi connectivity index (χ4v) is 4.44. The average Bonchev–Trinajstić information content (AvgIpc) is 2.77. The summed E-state index contributed by atoms with van der Waals surface area (Å²) in [6.45, 7) is 0. The third kappa shape index (κ3) is 3.01. The van der Waals surface area contributed by atoms with E-state index in [2.05, 4.69) is 0 Å². The zero-order chi connectivity index (χ0) is 21.5. The van der Waals surface area contributed by atoms with Gasteiger partial charge < -0.3 is 20.4 Å².